The van der Waals surface area contributed by atoms with Crippen LogP contribution in [0.5, 0.6) is 5.75 Å². The number of hydrogen-bond acceptors (Lipinski definition) is 7. The summed E-state index contributed by atoms with van der Waals surface area (Å²) < 4.78 is 20.3. The van der Waals surface area contributed by atoms with Crippen molar-refractivity contribution in [3.63, 3.8) is 0 Å². The van der Waals surface area contributed by atoms with Crippen LogP contribution in [0.3, 0.4) is 0 Å². The average molecular weight is 582 g/mol. The largest absolute Gasteiger partial charge is 0.477 e. The fraction of sp³-hybridized carbons (Fsp3) is 0.154. The van der Waals surface area contributed by atoms with Crippen molar-refractivity contribution in [3.05, 3.63) is 103 Å². The molecule has 0 aliphatic carbocycles. The number of nitro groups is 1. The lowest BCUT2D eigenvalue weighted by atomic mass is 10.2. The van der Waals surface area contributed by atoms with Gasteiger partial charge in [-0.25, -0.2) is 9.37 Å². The van der Waals surface area contributed by atoms with E-state index in [4.69, 9.17) is 4.74 Å². The summed E-state index contributed by atoms with van der Waals surface area (Å²) in [5.74, 6) is -0.683. The Hall–Kier alpha value is -4.45. The van der Waals surface area contributed by atoms with Crippen molar-refractivity contribution in [1.29, 1.82) is 0 Å². The molecule has 0 spiro atoms. The second-order valence-electron chi connectivity index (χ2n) is 8.13. The lowest BCUT2D eigenvalue weighted by Gasteiger charge is -2.09. The summed E-state index contributed by atoms with van der Waals surface area (Å²) in [7, 11) is 0. The van der Waals surface area contributed by atoms with Gasteiger partial charge in [-0.15, -0.1) is 0 Å². The van der Waals surface area contributed by atoms with Crippen molar-refractivity contribution in [2.75, 3.05) is 11.9 Å². The number of ether oxygens (including phenoxy) is 1. The van der Waals surface area contributed by atoms with Crippen LogP contribution in [-0.2, 0) is 11.2 Å². The van der Waals surface area contributed by atoms with Crippen molar-refractivity contribution in [2.24, 2.45) is 5.10 Å². The Morgan fingerprint density at radius 3 is 2.68 bits per heavy atom. The van der Waals surface area contributed by atoms with Gasteiger partial charge in [0, 0.05) is 28.2 Å². The standard InChI is InChI=1S/C26H21BrFN5O5/c1-2-3-24-31-21-10-5-17(27)13-20(21)26(35)32(24)29-14-16-4-11-23(22(12-16)33(36)37)38-15-25(34)30-19-8-6-18(28)7-9-19/h4-14H,2-3,15H2,1H3,(H,30,34). The van der Waals surface area contributed by atoms with Gasteiger partial charge < -0.3 is 10.1 Å². The van der Waals surface area contributed by atoms with Crippen LogP contribution in [0.1, 0.15) is 24.7 Å². The number of carbonyl (C=O) groups excluding carboxylic acids is 1. The van der Waals surface area contributed by atoms with Gasteiger partial charge in [-0.2, -0.15) is 9.78 Å². The first kappa shape index (κ1) is 26.6. The van der Waals surface area contributed by atoms with E-state index in [1.165, 1.54) is 53.4 Å². The molecular formula is C26H21BrFN5O5. The summed E-state index contributed by atoms with van der Waals surface area (Å²) >= 11 is 3.36. The van der Waals surface area contributed by atoms with Gasteiger partial charge in [-0.1, -0.05) is 22.9 Å². The first-order chi connectivity index (χ1) is 18.2. The van der Waals surface area contributed by atoms with E-state index in [1.54, 1.807) is 18.2 Å². The van der Waals surface area contributed by atoms with Crippen LogP contribution in [-0.4, -0.2) is 33.3 Å². The van der Waals surface area contributed by atoms with Gasteiger partial charge in [-0.3, -0.25) is 19.7 Å². The average Bonchev–Trinajstić information content (AvgIpc) is 2.89. The van der Waals surface area contributed by atoms with Crippen molar-refractivity contribution in [3.8, 4) is 5.75 Å². The van der Waals surface area contributed by atoms with E-state index in [1.807, 2.05) is 6.92 Å². The third kappa shape index (κ3) is 6.27. The van der Waals surface area contributed by atoms with Gasteiger partial charge in [0.2, 0.25) is 0 Å². The number of carbonyl (C=O) groups is 1. The predicted molar refractivity (Wildman–Crippen MR) is 144 cm³/mol. The minimum absolute atomic E-state index is 0.123. The Morgan fingerprint density at radius 1 is 1.21 bits per heavy atom. The fourth-order valence-corrected chi connectivity index (χ4v) is 3.94. The molecule has 0 atom stereocenters. The molecule has 0 saturated carbocycles. The molecule has 0 fully saturated rings. The van der Waals surface area contributed by atoms with E-state index >= 15 is 0 Å². The van der Waals surface area contributed by atoms with Crippen molar-refractivity contribution in [1.82, 2.24) is 9.66 Å². The number of fused-ring (bicyclic) bond motifs is 1. The maximum absolute atomic E-state index is 13.1. The highest BCUT2D eigenvalue weighted by Gasteiger charge is 2.17. The Morgan fingerprint density at radius 2 is 1.97 bits per heavy atom. The molecule has 3 aromatic carbocycles. The number of nitro benzene ring substituents is 1. The summed E-state index contributed by atoms with van der Waals surface area (Å²) in [6, 6.07) is 14.4. The smallest absolute Gasteiger partial charge is 0.311 e. The molecule has 10 nitrogen and oxygen atoms in total. The maximum Gasteiger partial charge on any atom is 0.311 e. The van der Waals surface area contributed by atoms with Crippen LogP contribution >= 0.6 is 15.9 Å². The molecule has 1 amide bonds. The van der Waals surface area contributed by atoms with Crippen molar-refractivity contribution < 1.29 is 18.8 Å². The maximum atomic E-state index is 13.1. The highest BCUT2D eigenvalue weighted by atomic mass is 79.9. The van der Waals surface area contributed by atoms with E-state index in [9.17, 15) is 24.1 Å². The first-order valence-corrected chi connectivity index (χ1v) is 12.3. The van der Waals surface area contributed by atoms with Gasteiger partial charge in [0.25, 0.3) is 11.5 Å². The molecule has 12 heteroatoms. The highest BCUT2D eigenvalue weighted by molar-refractivity contribution is 9.10. The number of nitrogens with one attached hydrogen (secondary N) is 1. The molecule has 38 heavy (non-hydrogen) atoms. The van der Waals surface area contributed by atoms with Crippen LogP contribution in [0, 0.1) is 15.9 Å². The third-order valence-electron chi connectivity index (χ3n) is 5.34. The quantitative estimate of drug-likeness (QED) is 0.167. The third-order valence-corrected chi connectivity index (χ3v) is 5.83. The summed E-state index contributed by atoms with van der Waals surface area (Å²) in [5, 5.41) is 18.8. The minimum atomic E-state index is -0.645. The monoisotopic (exact) mass is 581 g/mol. The Balaban J connectivity index is 1.56. The molecule has 4 rings (SSSR count). The number of amides is 1. The van der Waals surface area contributed by atoms with E-state index in [2.05, 4.69) is 31.3 Å². The molecular weight excluding hydrogens is 561 g/mol. The SMILES string of the molecule is CCCc1nc2ccc(Br)cc2c(=O)n1N=Cc1ccc(OCC(=O)Nc2ccc(F)cc2)c([N+](=O)[O-])c1. The number of aryl methyl sites for hydroxylation is 1. The minimum Gasteiger partial charge on any atom is -0.477 e. The van der Waals surface area contributed by atoms with Crippen LogP contribution in [0.25, 0.3) is 10.9 Å². The highest BCUT2D eigenvalue weighted by Crippen LogP contribution is 2.27. The van der Waals surface area contributed by atoms with Gasteiger partial charge >= 0.3 is 5.69 Å². The first-order valence-electron chi connectivity index (χ1n) is 11.5. The summed E-state index contributed by atoms with van der Waals surface area (Å²) in [6.45, 7) is 1.45. The zero-order chi connectivity index (χ0) is 27.2. The molecule has 1 N–H and O–H groups in total. The number of aromatic nitrogens is 2. The molecule has 0 unspecified atom stereocenters. The molecule has 0 radical (unpaired) electrons. The van der Waals surface area contributed by atoms with Crippen LogP contribution in [0.2, 0.25) is 0 Å². The number of benzene rings is 3. The van der Waals surface area contributed by atoms with Gasteiger partial charge in [0.1, 0.15) is 11.6 Å². The normalized spacial score (nSPS) is 11.1. The zero-order valence-electron chi connectivity index (χ0n) is 20.1. The Labute approximate surface area is 224 Å². The number of anilines is 1. The van der Waals surface area contributed by atoms with Crippen LogP contribution in [0.15, 0.2) is 75.0 Å². The van der Waals surface area contributed by atoms with E-state index < -0.39 is 23.3 Å². The molecule has 0 bridgehead atoms. The predicted octanol–water partition coefficient (Wildman–Crippen LogP) is 5.06. The molecule has 4 aromatic rings. The summed E-state index contributed by atoms with van der Waals surface area (Å²) in [4.78, 5) is 40.9. The molecule has 1 aromatic heterocycles. The summed E-state index contributed by atoms with van der Waals surface area (Å²) in [6.07, 6.45) is 2.56. The van der Waals surface area contributed by atoms with E-state index in [0.717, 1.165) is 10.9 Å². The van der Waals surface area contributed by atoms with Gasteiger partial charge in [0.15, 0.2) is 12.4 Å². The number of halogens is 2. The zero-order valence-corrected chi connectivity index (χ0v) is 21.6. The Kier molecular flexibility index (Phi) is 8.22. The van der Waals surface area contributed by atoms with Gasteiger partial charge in [-0.05, 0) is 61.0 Å². The lowest BCUT2D eigenvalue weighted by Crippen LogP contribution is -2.22. The van der Waals surface area contributed by atoms with E-state index in [0.29, 0.717) is 34.4 Å². The van der Waals surface area contributed by atoms with Gasteiger partial charge in [0.05, 0.1) is 22.0 Å². The number of nitrogens with zero attached hydrogens (tertiary/aromatic N) is 4. The molecule has 0 aliphatic rings. The lowest BCUT2D eigenvalue weighted by molar-refractivity contribution is -0.385. The van der Waals surface area contributed by atoms with Crippen molar-refractivity contribution >= 4 is 50.3 Å². The molecule has 194 valence electrons. The van der Waals surface area contributed by atoms with Crippen LogP contribution < -0.4 is 15.6 Å². The number of hydrogen-bond donors (Lipinski definition) is 1. The summed E-state index contributed by atoms with van der Waals surface area (Å²) in [5.41, 5.74) is 0.495. The molecule has 0 aliphatic heterocycles. The van der Waals surface area contributed by atoms with E-state index in [-0.39, 0.29) is 17.0 Å². The van der Waals surface area contributed by atoms with Crippen LogP contribution in [0.4, 0.5) is 15.8 Å². The fourth-order valence-electron chi connectivity index (χ4n) is 3.58. The molecule has 0 saturated heterocycles. The second kappa shape index (κ2) is 11.7. The van der Waals surface area contributed by atoms with Crippen molar-refractivity contribution in [2.45, 2.75) is 19.8 Å². The number of rotatable bonds is 9. The molecule has 1 heterocycles. The second-order valence-corrected chi connectivity index (χ2v) is 9.04. The Bertz CT molecular complexity index is 1600. The topological polar surface area (TPSA) is 129 Å².